The number of likely N-dealkylation sites (N-methyl/N-ethyl adjacent to an activating group) is 1. The molecule has 0 unspecified atom stereocenters. The molecule has 1 saturated heterocycles. The van der Waals surface area contributed by atoms with Gasteiger partial charge in [-0.15, -0.1) is 23.7 Å². The molecule has 13 heteroatoms. The number of hydrogen-bond donors (Lipinski definition) is 4. The van der Waals surface area contributed by atoms with E-state index in [0.29, 0.717) is 12.8 Å². The predicted octanol–water partition coefficient (Wildman–Crippen LogP) is 5.14. The summed E-state index contributed by atoms with van der Waals surface area (Å²) in [6.45, 7) is 11.8. The van der Waals surface area contributed by atoms with Gasteiger partial charge in [0.1, 0.15) is 11.7 Å². The summed E-state index contributed by atoms with van der Waals surface area (Å²) in [5.41, 5.74) is -0.0434. The first-order valence-electron chi connectivity index (χ1n) is 17.0. The lowest BCUT2D eigenvalue weighted by Gasteiger charge is -2.34. The van der Waals surface area contributed by atoms with Crippen LogP contribution in [-0.2, 0) is 20.8 Å². The van der Waals surface area contributed by atoms with Gasteiger partial charge in [-0.1, -0.05) is 70.9 Å². The van der Waals surface area contributed by atoms with Crippen LogP contribution < -0.4 is 16.0 Å². The summed E-state index contributed by atoms with van der Waals surface area (Å²) in [4.78, 5) is 71.7. The van der Waals surface area contributed by atoms with Gasteiger partial charge in [-0.2, -0.15) is 0 Å². The summed E-state index contributed by atoms with van der Waals surface area (Å²) >= 11 is 1.06. The van der Waals surface area contributed by atoms with Crippen LogP contribution in [-0.4, -0.2) is 82.2 Å². The number of amides is 3. The molecule has 3 rings (SSSR count). The minimum Gasteiger partial charge on any atom is -0.481 e. The van der Waals surface area contributed by atoms with Crippen LogP contribution in [0.25, 0.3) is 0 Å². The lowest BCUT2D eigenvalue weighted by atomic mass is 9.84. The molecular weight excluding hydrogens is 666 g/mol. The number of hydrogen-bond acceptors (Lipinski definition) is 8. The maximum atomic E-state index is 13.6. The second-order valence-electron chi connectivity index (χ2n) is 14.1. The third-order valence-electron chi connectivity index (χ3n) is 9.38. The first kappa shape index (κ1) is 41.8. The Morgan fingerprint density at radius 1 is 1.04 bits per heavy atom. The normalized spacial score (nSPS) is 17.6. The molecule has 1 aliphatic rings. The van der Waals surface area contributed by atoms with Crippen molar-refractivity contribution < 1.29 is 29.1 Å². The number of Topliss-reactive ketones (excluding diaryl/α,β-unsaturated/α-hetero) is 1. The molecule has 0 saturated carbocycles. The molecular formula is C36H54ClN5O6S. The molecule has 0 aliphatic carbocycles. The van der Waals surface area contributed by atoms with Crippen LogP contribution in [0, 0.1) is 17.3 Å². The van der Waals surface area contributed by atoms with Gasteiger partial charge in [-0.25, -0.2) is 4.98 Å². The number of piperidine rings is 1. The topological polar surface area (TPSA) is 158 Å². The molecule has 11 nitrogen and oxygen atoms in total. The van der Waals surface area contributed by atoms with Gasteiger partial charge < -0.3 is 21.1 Å². The molecule has 1 fully saturated rings. The summed E-state index contributed by atoms with van der Waals surface area (Å²) in [6.07, 6.45) is 4.07. The van der Waals surface area contributed by atoms with Crippen LogP contribution in [0.1, 0.15) is 106 Å². The average Bonchev–Trinajstić information content (AvgIpc) is 3.54. The van der Waals surface area contributed by atoms with Gasteiger partial charge in [0, 0.05) is 23.9 Å². The fourth-order valence-corrected chi connectivity index (χ4v) is 6.66. The summed E-state index contributed by atoms with van der Waals surface area (Å²) < 4.78 is 0. The van der Waals surface area contributed by atoms with E-state index >= 15 is 0 Å². The molecule has 1 aromatic heterocycles. The number of nitrogens with one attached hydrogen (secondary N) is 3. The van der Waals surface area contributed by atoms with Gasteiger partial charge in [0.2, 0.25) is 11.8 Å². The minimum absolute atomic E-state index is 0. The summed E-state index contributed by atoms with van der Waals surface area (Å²) in [7, 11) is 1.93. The van der Waals surface area contributed by atoms with Gasteiger partial charge in [0.25, 0.3) is 5.91 Å². The van der Waals surface area contributed by atoms with Gasteiger partial charge in [0.05, 0.1) is 11.5 Å². The Kier molecular flexibility index (Phi) is 16.3. The zero-order valence-electron chi connectivity index (χ0n) is 29.8. The Labute approximate surface area is 300 Å². The number of aromatic nitrogens is 1. The molecule has 0 radical (unpaired) electrons. The number of thiazole rings is 1. The van der Waals surface area contributed by atoms with E-state index in [1.54, 1.807) is 13.8 Å². The fourth-order valence-electron chi connectivity index (χ4n) is 5.91. The van der Waals surface area contributed by atoms with Crippen LogP contribution in [0.4, 0.5) is 0 Å². The van der Waals surface area contributed by atoms with Crippen LogP contribution in [0.15, 0.2) is 35.7 Å². The molecule has 1 aromatic carbocycles. The number of ketones is 1. The number of aliphatic carboxylic acids is 1. The van der Waals surface area contributed by atoms with Crippen LogP contribution in [0.2, 0.25) is 0 Å². The number of halogens is 1. The zero-order valence-corrected chi connectivity index (χ0v) is 31.4. The maximum absolute atomic E-state index is 13.6. The van der Waals surface area contributed by atoms with Crippen LogP contribution in [0.5, 0.6) is 0 Å². The lowest BCUT2D eigenvalue weighted by Crippen LogP contribution is -2.57. The monoisotopic (exact) mass is 719 g/mol. The third kappa shape index (κ3) is 12.2. The van der Waals surface area contributed by atoms with Crippen molar-refractivity contribution in [2.75, 3.05) is 13.6 Å². The van der Waals surface area contributed by atoms with E-state index in [2.05, 4.69) is 20.9 Å². The molecule has 3 amide bonds. The number of likely N-dealkylation sites (tertiary alicyclic amines) is 1. The Balaban J connectivity index is 0.00000833. The van der Waals surface area contributed by atoms with Crippen molar-refractivity contribution in [3.05, 3.63) is 52.0 Å². The molecule has 4 N–H and O–H groups in total. The average molecular weight is 720 g/mol. The highest BCUT2D eigenvalue weighted by Crippen LogP contribution is 2.25. The van der Waals surface area contributed by atoms with Crippen molar-refractivity contribution in [3.8, 4) is 0 Å². The predicted molar refractivity (Wildman–Crippen MR) is 194 cm³/mol. The van der Waals surface area contributed by atoms with Crippen molar-refractivity contribution >= 4 is 53.2 Å². The number of carboxylic acids is 1. The van der Waals surface area contributed by atoms with E-state index < -0.39 is 35.4 Å². The molecule has 272 valence electrons. The SMILES string of the molecule is CC[C@H](C)[C@H](NC(=O)[C@H]1CCCCN1C)C(=O)N[C@H](CC(=O)c1nc(C(=O)N[C@@H](Cc2ccccc2)CC(C)(C)C(=O)O)cs1)C(C)C.Cl. The smallest absolute Gasteiger partial charge is 0.309 e. The van der Waals surface area contributed by atoms with E-state index in [1.165, 1.54) is 5.38 Å². The minimum atomic E-state index is -1.07. The number of rotatable bonds is 17. The molecule has 5 atom stereocenters. The second kappa shape index (κ2) is 19.2. The van der Waals surface area contributed by atoms with Crippen molar-refractivity contribution in [3.63, 3.8) is 0 Å². The number of carboxylic acid groups (broad SMARTS) is 1. The van der Waals surface area contributed by atoms with E-state index in [0.717, 1.165) is 42.7 Å². The van der Waals surface area contributed by atoms with Gasteiger partial charge in [0.15, 0.2) is 10.8 Å². The van der Waals surface area contributed by atoms with Crippen LogP contribution in [0.3, 0.4) is 0 Å². The quantitative estimate of drug-likeness (QED) is 0.164. The Hall–Kier alpha value is -3.35. The number of carbonyl (C=O) groups excluding carboxylic acids is 4. The lowest BCUT2D eigenvalue weighted by molar-refractivity contribution is -0.147. The van der Waals surface area contributed by atoms with E-state index in [-0.39, 0.29) is 71.4 Å². The van der Waals surface area contributed by atoms with Gasteiger partial charge >= 0.3 is 5.97 Å². The second-order valence-corrected chi connectivity index (χ2v) is 15.0. The molecule has 0 bridgehead atoms. The molecule has 2 heterocycles. The van der Waals surface area contributed by atoms with Gasteiger partial charge in [-0.3, -0.25) is 28.9 Å². The van der Waals surface area contributed by atoms with Gasteiger partial charge in [-0.05, 0) is 70.5 Å². The number of benzene rings is 1. The van der Waals surface area contributed by atoms with Crippen LogP contribution >= 0.6 is 23.7 Å². The first-order valence-corrected chi connectivity index (χ1v) is 17.9. The standard InChI is InChI=1S/C36H53N5O6S.ClH/c1-8-23(4)30(40-32(44)28-16-12-13-17-41(28)7)33(45)38-26(22(2)3)19-29(42)34-39-27(21-48-34)31(43)37-25(20-36(5,6)35(46)47)18-24-14-10-9-11-15-24;/h9-11,14-15,21-23,25-26,28,30H,8,12-13,16-20H2,1-7H3,(H,37,43)(H,38,45)(H,40,44)(H,46,47);1H/t23-,25-,26+,28+,30-;/m0./s1. The van der Waals surface area contributed by atoms with Crippen molar-refractivity contribution in [1.82, 2.24) is 25.8 Å². The fraction of sp³-hybridized carbons (Fsp3) is 0.611. The highest BCUT2D eigenvalue weighted by molar-refractivity contribution is 7.12. The van der Waals surface area contributed by atoms with Crippen molar-refractivity contribution in [2.24, 2.45) is 17.3 Å². The molecule has 0 spiro atoms. The van der Waals surface area contributed by atoms with E-state index in [1.807, 2.05) is 70.0 Å². The highest BCUT2D eigenvalue weighted by Gasteiger charge is 2.34. The maximum Gasteiger partial charge on any atom is 0.309 e. The zero-order chi connectivity index (χ0) is 35.6. The molecule has 49 heavy (non-hydrogen) atoms. The van der Waals surface area contributed by atoms with Crippen molar-refractivity contribution in [1.29, 1.82) is 0 Å². The largest absolute Gasteiger partial charge is 0.481 e. The first-order chi connectivity index (χ1) is 22.6. The highest BCUT2D eigenvalue weighted by atomic mass is 35.5. The number of carbonyl (C=O) groups is 5. The summed E-state index contributed by atoms with van der Waals surface area (Å²) in [6, 6.07) is 7.51. The third-order valence-corrected chi connectivity index (χ3v) is 10.3. The van der Waals surface area contributed by atoms with E-state index in [4.69, 9.17) is 0 Å². The Bertz CT molecular complexity index is 1420. The summed E-state index contributed by atoms with van der Waals surface area (Å²) in [5.74, 6) is -2.43. The molecule has 2 aromatic rings. The summed E-state index contributed by atoms with van der Waals surface area (Å²) in [5, 5.41) is 20.3. The Morgan fingerprint density at radius 3 is 2.31 bits per heavy atom. The molecule has 1 aliphatic heterocycles. The van der Waals surface area contributed by atoms with E-state index in [9.17, 15) is 29.1 Å². The Morgan fingerprint density at radius 2 is 1.71 bits per heavy atom. The number of nitrogens with zero attached hydrogens (tertiary/aromatic N) is 2. The van der Waals surface area contributed by atoms with Crippen molar-refractivity contribution in [2.45, 2.75) is 111 Å².